The molecule has 1 nitrogen and oxygen atoms in total. The van der Waals surface area contributed by atoms with Gasteiger partial charge in [0.05, 0.1) is 0 Å². The van der Waals surface area contributed by atoms with Gasteiger partial charge in [0.15, 0.2) is 0 Å². The second-order valence-electron chi connectivity index (χ2n) is 6.24. The molecule has 0 atom stereocenters. The molecule has 3 rings (SSSR count). The van der Waals surface area contributed by atoms with Gasteiger partial charge in [-0.15, -0.1) is 4.90 Å². The van der Waals surface area contributed by atoms with E-state index >= 15 is 0 Å². The summed E-state index contributed by atoms with van der Waals surface area (Å²) in [4.78, 5) is -1.36. The maximum Gasteiger partial charge on any atom is 0.467 e. The molecule has 3 aromatic rings. The SMILES string of the molecule is CCc1c2ccccc2c(CCN(C(F)(F)F)C(F)(F)F)c2ccccc12. The van der Waals surface area contributed by atoms with Crippen molar-refractivity contribution in [2.45, 2.75) is 32.4 Å². The average Bonchev–Trinajstić information content (AvgIpc) is 2.59. The minimum absolute atomic E-state index is 0.371. The van der Waals surface area contributed by atoms with Crippen LogP contribution >= 0.6 is 0 Å². The van der Waals surface area contributed by atoms with Crippen LogP contribution in [-0.2, 0) is 12.8 Å². The lowest BCUT2D eigenvalue weighted by Crippen LogP contribution is -2.48. The first-order valence-corrected chi connectivity index (χ1v) is 8.47. The van der Waals surface area contributed by atoms with Gasteiger partial charge in [0.1, 0.15) is 0 Å². The van der Waals surface area contributed by atoms with Crippen molar-refractivity contribution in [3.8, 4) is 0 Å². The Kier molecular flexibility index (Phi) is 5.08. The van der Waals surface area contributed by atoms with Gasteiger partial charge in [-0.1, -0.05) is 55.5 Å². The van der Waals surface area contributed by atoms with Crippen molar-refractivity contribution in [1.82, 2.24) is 4.90 Å². The van der Waals surface area contributed by atoms with Gasteiger partial charge >= 0.3 is 12.6 Å². The molecule has 0 heterocycles. The van der Waals surface area contributed by atoms with E-state index in [0.717, 1.165) is 16.3 Å². The Hall–Kier alpha value is -2.28. The van der Waals surface area contributed by atoms with Crippen LogP contribution in [0.3, 0.4) is 0 Å². The second-order valence-corrected chi connectivity index (χ2v) is 6.24. The first-order chi connectivity index (χ1) is 12.6. The molecule has 0 aliphatic heterocycles. The van der Waals surface area contributed by atoms with E-state index in [1.54, 1.807) is 24.3 Å². The number of halogens is 6. The third-order valence-electron chi connectivity index (χ3n) is 4.71. The lowest BCUT2D eigenvalue weighted by Gasteiger charge is -2.27. The van der Waals surface area contributed by atoms with Crippen LogP contribution in [0.15, 0.2) is 48.5 Å². The summed E-state index contributed by atoms with van der Waals surface area (Å²) < 4.78 is 77.2. The van der Waals surface area contributed by atoms with Crippen LogP contribution in [0.25, 0.3) is 21.5 Å². The molecule has 144 valence electrons. The summed E-state index contributed by atoms with van der Waals surface area (Å²) >= 11 is 0. The molecular weight excluding hydrogens is 368 g/mol. The minimum atomic E-state index is -5.48. The van der Waals surface area contributed by atoms with Crippen LogP contribution in [0.2, 0.25) is 0 Å². The summed E-state index contributed by atoms with van der Waals surface area (Å²) in [6.45, 7) is 0.787. The third kappa shape index (κ3) is 3.74. The Morgan fingerprint density at radius 3 is 1.37 bits per heavy atom. The Morgan fingerprint density at radius 1 is 0.667 bits per heavy atom. The molecule has 3 aromatic carbocycles. The predicted molar refractivity (Wildman–Crippen MR) is 93.4 cm³/mol. The highest BCUT2D eigenvalue weighted by molar-refractivity contribution is 6.05. The second kappa shape index (κ2) is 7.03. The molecule has 0 aliphatic rings. The molecule has 0 aliphatic carbocycles. The molecule has 0 N–H and O–H groups in total. The molecule has 0 unspecified atom stereocenters. The van der Waals surface area contributed by atoms with E-state index in [1.807, 2.05) is 31.2 Å². The Balaban J connectivity index is 2.16. The molecule has 0 radical (unpaired) electrons. The van der Waals surface area contributed by atoms with Crippen LogP contribution in [-0.4, -0.2) is 24.0 Å². The smallest absolute Gasteiger partial charge is 0.155 e. The summed E-state index contributed by atoms with van der Waals surface area (Å²) in [5, 5.41) is 3.10. The highest BCUT2D eigenvalue weighted by Crippen LogP contribution is 2.36. The predicted octanol–water partition coefficient (Wildman–Crippen LogP) is 6.44. The van der Waals surface area contributed by atoms with Crippen molar-refractivity contribution in [3.63, 3.8) is 0 Å². The maximum absolute atomic E-state index is 12.9. The van der Waals surface area contributed by atoms with Crippen molar-refractivity contribution in [2.24, 2.45) is 0 Å². The quantitative estimate of drug-likeness (QED) is 0.284. The number of benzene rings is 3. The summed E-state index contributed by atoms with van der Waals surface area (Å²) in [7, 11) is 0. The molecule has 27 heavy (non-hydrogen) atoms. The third-order valence-corrected chi connectivity index (χ3v) is 4.71. The lowest BCUT2D eigenvalue weighted by molar-refractivity contribution is -0.372. The Bertz CT molecular complexity index is 887. The van der Waals surface area contributed by atoms with E-state index in [1.165, 1.54) is 0 Å². The molecule has 0 aromatic heterocycles. The van der Waals surface area contributed by atoms with Crippen LogP contribution in [0, 0.1) is 0 Å². The molecular formula is C20H17F6N. The van der Waals surface area contributed by atoms with E-state index in [9.17, 15) is 26.3 Å². The van der Waals surface area contributed by atoms with E-state index in [0.29, 0.717) is 22.8 Å². The topological polar surface area (TPSA) is 3.24 Å². The van der Waals surface area contributed by atoms with Gasteiger partial charge in [-0.3, -0.25) is 0 Å². The van der Waals surface area contributed by atoms with Crippen LogP contribution < -0.4 is 0 Å². The maximum atomic E-state index is 12.9. The van der Waals surface area contributed by atoms with Crippen molar-refractivity contribution >= 4 is 21.5 Å². The standard InChI is InChI=1S/C20H17F6N/c1-2-13-14-7-3-5-9-16(14)18(17-10-6-4-8-15(13)17)11-12-27(19(21,22)23)20(24,25)26/h3-10H,2,11-12H2,1H3. The van der Waals surface area contributed by atoms with Gasteiger partial charge in [-0.05, 0) is 45.5 Å². The van der Waals surface area contributed by atoms with E-state index < -0.39 is 24.0 Å². The van der Waals surface area contributed by atoms with Gasteiger partial charge in [0.25, 0.3) is 0 Å². The summed E-state index contributed by atoms with van der Waals surface area (Å²) in [6.07, 6.45) is -10.6. The average molecular weight is 385 g/mol. The number of hydrogen-bond acceptors (Lipinski definition) is 1. The summed E-state index contributed by atoms with van der Waals surface area (Å²) in [5.41, 5.74) is 1.53. The highest BCUT2D eigenvalue weighted by atomic mass is 19.4. The van der Waals surface area contributed by atoms with Crippen molar-refractivity contribution in [2.75, 3.05) is 6.54 Å². The molecule has 0 bridgehead atoms. The molecule has 0 saturated carbocycles. The molecule has 0 fully saturated rings. The fourth-order valence-electron chi connectivity index (χ4n) is 3.58. The zero-order valence-corrected chi connectivity index (χ0v) is 14.5. The lowest BCUT2D eigenvalue weighted by atomic mass is 9.89. The number of hydrogen-bond donors (Lipinski definition) is 0. The van der Waals surface area contributed by atoms with Gasteiger partial charge in [-0.2, -0.15) is 26.3 Å². The monoisotopic (exact) mass is 385 g/mol. The fourth-order valence-corrected chi connectivity index (χ4v) is 3.58. The van der Waals surface area contributed by atoms with Gasteiger partial charge in [0, 0.05) is 6.54 Å². The van der Waals surface area contributed by atoms with E-state index in [-0.39, 0.29) is 6.42 Å². The van der Waals surface area contributed by atoms with Gasteiger partial charge in [-0.25, -0.2) is 0 Å². The number of alkyl halides is 6. The molecule has 0 spiro atoms. The van der Waals surface area contributed by atoms with Crippen molar-refractivity contribution < 1.29 is 26.3 Å². The summed E-state index contributed by atoms with van der Waals surface area (Å²) in [6, 6.07) is 14.3. The zero-order valence-electron chi connectivity index (χ0n) is 14.5. The van der Waals surface area contributed by atoms with Crippen molar-refractivity contribution in [3.05, 3.63) is 59.7 Å². The zero-order chi connectivity index (χ0) is 19.8. The van der Waals surface area contributed by atoms with Crippen molar-refractivity contribution in [1.29, 1.82) is 0 Å². The van der Waals surface area contributed by atoms with Crippen LogP contribution in [0.4, 0.5) is 26.3 Å². The van der Waals surface area contributed by atoms with Crippen LogP contribution in [0.1, 0.15) is 18.1 Å². The summed E-state index contributed by atoms with van der Waals surface area (Å²) in [5.74, 6) is 0. The number of aryl methyl sites for hydroxylation is 1. The largest absolute Gasteiger partial charge is 0.467 e. The number of fused-ring (bicyclic) bond motifs is 2. The van der Waals surface area contributed by atoms with Gasteiger partial charge < -0.3 is 0 Å². The van der Waals surface area contributed by atoms with E-state index in [2.05, 4.69) is 0 Å². The molecule has 0 saturated heterocycles. The van der Waals surface area contributed by atoms with Gasteiger partial charge in [0.2, 0.25) is 0 Å². The first kappa shape index (κ1) is 19.5. The fraction of sp³-hybridized carbons (Fsp3) is 0.300. The minimum Gasteiger partial charge on any atom is -0.155 e. The first-order valence-electron chi connectivity index (χ1n) is 8.47. The normalized spacial score (nSPS) is 13.0. The Labute approximate surface area is 152 Å². The molecule has 0 amide bonds. The highest BCUT2D eigenvalue weighted by Gasteiger charge is 2.53. The molecule has 7 heteroatoms. The Morgan fingerprint density at radius 2 is 1.04 bits per heavy atom. The van der Waals surface area contributed by atoms with E-state index in [4.69, 9.17) is 0 Å². The van der Waals surface area contributed by atoms with Crippen LogP contribution in [0.5, 0.6) is 0 Å². The number of nitrogens with zero attached hydrogens (tertiary/aromatic N) is 1. The number of rotatable bonds is 4.